The fraction of sp³-hybridized carbons (Fsp3) is 0.200. The van der Waals surface area contributed by atoms with Crippen LogP contribution in [0.1, 0.15) is 128 Å². The van der Waals surface area contributed by atoms with Crippen LogP contribution in [0, 0.1) is 0 Å². The average molecular weight is 1160 g/mol. The van der Waals surface area contributed by atoms with Crippen molar-refractivity contribution in [2.75, 3.05) is 9.80 Å². The third kappa shape index (κ3) is 8.25. The maximum absolute atomic E-state index is 7.39. The van der Waals surface area contributed by atoms with Crippen molar-refractivity contribution in [1.29, 1.82) is 0 Å². The maximum atomic E-state index is 7.39. The van der Waals surface area contributed by atoms with Gasteiger partial charge in [-0.3, -0.25) is 0 Å². The maximum Gasteiger partial charge on any atom is 0.160 e. The lowest BCUT2D eigenvalue weighted by Crippen LogP contribution is -2.26. The molecule has 2 aromatic heterocycles. The van der Waals surface area contributed by atoms with Gasteiger partial charge in [-0.15, -0.1) is 0 Å². The van der Waals surface area contributed by atoms with Crippen LogP contribution in [0.3, 0.4) is 0 Å². The van der Waals surface area contributed by atoms with Gasteiger partial charge in [0.2, 0.25) is 0 Å². The second-order valence-electron chi connectivity index (χ2n) is 29.3. The van der Waals surface area contributed by atoms with E-state index in [9.17, 15) is 0 Å². The molecule has 0 unspecified atom stereocenters. The van der Waals surface area contributed by atoms with Crippen molar-refractivity contribution < 1.29 is 8.83 Å². The number of furan rings is 2. The van der Waals surface area contributed by atoms with Crippen LogP contribution in [0.25, 0.3) is 87.7 Å². The first-order valence-corrected chi connectivity index (χ1v) is 31.7. The molecule has 0 saturated heterocycles. The summed E-state index contributed by atoms with van der Waals surface area (Å²) >= 11 is 0. The Hall–Kier alpha value is -9.64. The van der Waals surface area contributed by atoms with Crippen LogP contribution in [0.4, 0.5) is 34.1 Å². The molecule has 4 nitrogen and oxygen atoms in total. The second kappa shape index (κ2) is 19.2. The zero-order valence-electron chi connectivity index (χ0n) is 53.2. The summed E-state index contributed by atoms with van der Waals surface area (Å²) in [5.74, 6) is 0. The number of nitrogens with zero attached hydrogens (tertiary/aromatic N) is 2. The molecule has 16 rings (SSSR count). The minimum absolute atomic E-state index is 0.00356. The number of hydrogen-bond donors (Lipinski definition) is 0. The van der Waals surface area contributed by atoms with Gasteiger partial charge in [0.15, 0.2) is 5.58 Å². The summed E-state index contributed by atoms with van der Waals surface area (Å²) in [7, 11) is 0. The smallest absolute Gasteiger partial charge is 0.160 e. The van der Waals surface area contributed by atoms with Gasteiger partial charge in [0.25, 0.3) is 0 Å². The molecule has 0 fully saturated rings. The predicted octanol–water partition coefficient (Wildman–Crippen LogP) is 24.3. The summed E-state index contributed by atoms with van der Waals surface area (Å²) in [4.78, 5) is 4.85. The summed E-state index contributed by atoms with van der Waals surface area (Å²) in [6.45, 7) is 27.4. The normalized spacial score (nSPS) is 13.7. The average Bonchev–Trinajstić information content (AvgIpc) is 1.49. The molecule has 1 spiro atoms. The highest BCUT2D eigenvalue weighted by molar-refractivity contribution is 6.29. The fourth-order valence-corrected chi connectivity index (χ4v) is 15.1. The van der Waals surface area contributed by atoms with Crippen LogP contribution < -0.4 is 9.80 Å². The van der Waals surface area contributed by atoms with Gasteiger partial charge >= 0.3 is 0 Å². The first kappa shape index (κ1) is 54.7. The first-order valence-electron chi connectivity index (χ1n) is 31.7. The van der Waals surface area contributed by atoms with Gasteiger partial charge in [-0.1, -0.05) is 223 Å². The molecule has 0 amide bonds. The molecule has 0 bridgehead atoms. The molecule has 2 aliphatic carbocycles. The molecule has 0 N–H and O–H groups in total. The third-order valence-electron chi connectivity index (χ3n) is 19.7. The molecule has 0 aliphatic heterocycles. The minimum atomic E-state index is -0.734. The van der Waals surface area contributed by atoms with Crippen LogP contribution in [0.15, 0.2) is 239 Å². The number of hydrogen-bond acceptors (Lipinski definition) is 4. The summed E-state index contributed by atoms with van der Waals surface area (Å²) in [5, 5.41) is 8.92. The molecule has 0 radical (unpaired) electrons. The van der Waals surface area contributed by atoms with Crippen LogP contribution in [-0.4, -0.2) is 0 Å². The van der Waals surface area contributed by atoms with Crippen molar-refractivity contribution in [2.45, 2.75) is 110 Å². The van der Waals surface area contributed by atoms with Gasteiger partial charge in [0.05, 0.1) is 11.1 Å². The van der Waals surface area contributed by atoms with Gasteiger partial charge < -0.3 is 18.6 Å². The summed E-state index contributed by atoms with van der Waals surface area (Å²) in [6, 6.07) is 87.1. The number of rotatable bonds is 6. The van der Waals surface area contributed by atoms with Crippen molar-refractivity contribution in [3.63, 3.8) is 0 Å². The van der Waals surface area contributed by atoms with E-state index in [1.54, 1.807) is 0 Å². The Labute approximate surface area is 522 Å². The van der Waals surface area contributed by atoms with E-state index in [0.29, 0.717) is 0 Å². The Bertz CT molecular complexity index is 5040. The van der Waals surface area contributed by atoms with E-state index >= 15 is 0 Å². The molecule has 4 heteroatoms. The topological polar surface area (TPSA) is 32.8 Å². The van der Waals surface area contributed by atoms with Crippen LogP contribution in [0.2, 0.25) is 0 Å². The highest BCUT2D eigenvalue weighted by Gasteiger charge is 2.54. The monoisotopic (exact) mass is 1150 g/mol. The molecule has 12 aromatic carbocycles. The molecule has 0 saturated carbocycles. The van der Waals surface area contributed by atoms with E-state index in [4.69, 9.17) is 8.83 Å². The van der Waals surface area contributed by atoms with E-state index < -0.39 is 5.41 Å². The summed E-state index contributed by atoms with van der Waals surface area (Å²) < 4.78 is 14.7. The van der Waals surface area contributed by atoms with E-state index in [1.807, 2.05) is 0 Å². The Morgan fingerprint density at radius 3 is 1.20 bits per heavy atom. The van der Waals surface area contributed by atoms with Crippen LogP contribution in [0.5, 0.6) is 0 Å². The molecule has 436 valence electrons. The van der Waals surface area contributed by atoms with Gasteiger partial charge in [0, 0.05) is 55.4 Å². The molecule has 14 aromatic rings. The molecule has 89 heavy (non-hydrogen) atoms. The lowest BCUT2D eigenvalue weighted by atomic mass is 9.69. The van der Waals surface area contributed by atoms with Gasteiger partial charge in [-0.05, 0) is 196 Å². The van der Waals surface area contributed by atoms with Crippen molar-refractivity contribution in [2.24, 2.45) is 0 Å². The highest BCUT2D eigenvalue weighted by atomic mass is 16.3. The first-order chi connectivity index (χ1) is 42.7. The van der Waals surface area contributed by atoms with Crippen LogP contribution >= 0.6 is 0 Å². The Morgan fingerprint density at radius 2 is 0.719 bits per heavy atom. The van der Waals surface area contributed by atoms with Crippen LogP contribution in [-0.2, 0) is 27.1 Å². The van der Waals surface area contributed by atoms with E-state index in [-0.39, 0.29) is 21.7 Å². The predicted molar refractivity (Wildman–Crippen MR) is 376 cm³/mol. The Morgan fingerprint density at radius 1 is 0.303 bits per heavy atom. The van der Waals surface area contributed by atoms with Crippen molar-refractivity contribution in [3.8, 4) is 22.3 Å². The SMILES string of the molecule is CC(C)(C)c1ccc(N(c2ccc(C(C)(C)C)cc2)c2ccc3c4c(c5c6ccccc6oc5c3c2)-c2cc3c(cc2C42c4ccccc4-c4ccccc42)cc(N(c2ccc(C(C)(C)C)cc2)c2ccc(C(C)(C)C)cc2)c2oc4ccccc4c23)cc1. The summed E-state index contributed by atoms with van der Waals surface area (Å²) in [6.07, 6.45) is 0. The molecular formula is C85H74N2O2. The number of anilines is 6. The number of benzene rings is 12. The minimum Gasteiger partial charge on any atom is -0.455 e. The Kier molecular flexibility index (Phi) is 11.8. The van der Waals surface area contributed by atoms with Crippen molar-refractivity contribution in [3.05, 3.63) is 275 Å². The lowest BCUT2D eigenvalue weighted by molar-refractivity contribution is 0.590. The number of fused-ring (bicyclic) bond motifs is 22. The molecular weight excluding hydrogens is 1080 g/mol. The van der Waals surface area contributed by atoms with Gasteiger partial charge in [0.1, 0.15) is 16.7 Å². The highest BCUT2D eigenvalue weighted by Crippen LogP contribution is 2.67. The van der Waals surface area contributed by atoms with Gasteiger partial charge in [-0.2, -0.15) is 0 Å². The largest absolute Gasteiger partial charge is 0.455 e. The fourth-order valence-electron chi connectivity index (χ4n) is 15.1. The molecule has 2 aliphatic rings. The quantitative estimate of drug-likeness (QED) is 0.166. The van der Waals surface area contributed by atoms with Crippen molar-refractivity contribution in [1.82, 2.24) is 0 Å². The lowest BCUT2D eigenvalue weighted by Gasteiger charge is -2.32. The van der Waals surface area contributed by atoms with E-state index in [0.717, 1.165) is 99.5 Å². The second-order valence-corrected chi connectivity index (χ2v) is 29.3. The third-order valence-corrected chi connectivity index (χ3v) is 19.7. The Balaban J connectivity index is 1.03. The molecule has 2 heterocycles. The number of para-hydroxylation sites is 2. The zero-order chi connectivity index (χ0) is 61.3. The zero-order valence-corrected chi connectivity index (χ0v) is 53.2. The van der Waals surface area contributed by atoms with Gasteiger partial charge in [-0.25, -0.2) is 0 Å². The molecule has 0 atom stereocenters. The summed E-state index contributed by atoms with van der Waals surface area (Å²) in [5.41, 5.74) is 24.2. The van der Waals surface area contributed by atoms with E-state index in [2.05, 4.69) is 323 Å². The van der Waals surface area contributed by atoms with Crippen molar-refractivity contribution >= 4 is 99.5 Å². The van der Waals surface area contributed by atoms with E-state index in [1.165, 1.54) is 66.8 Å². The standard InChI is InChI=1S/C85H74N2O2/c1-81(2,3)52-29-37-56(38-30-52)86(57-39-31-53(32-40-57)82(4,5)6)60-45-46-63-67(49-60)79-77(65-24-16-20-28-74(65)88-79)76-68-50-66-51(47-71(68)85(78(63)76)69-25-17-13-21-61(69)62-22-14-18-26-70(62)85)48-72(80-75(66)64-23-15-19-27-73(64)89-80)87(58-41-33-54(34-42-58)83(7,8)9)59-43-35-55(36-44-59)84(10,11)12/h13-50H,1-12H3.